The third kappa shape index (κ3) is 1.93. The lowest BCUT2D eigenvalue weighted by molar-refractivity contribution is 0.554. The van der Waals surface area contributed by atoms with Crippen LogP contribution in [0.15, 0.2) is 12.1 Å². The maximum atomic E-state index is 6.00. The molecule has 0 bridgehead atoms. The van der Waals surface area contributed by atoms with Crippen molar-refractivity contribution in [1.82, 2.24) is 14.5 Å². The van der Waals surface area contributed by atoms with Gasteiger partial charge in [0.15, 0.2) is 5.65 Å². The largest absolute Gasteiger partial charge is 0.308 e. The first kappa shape index (κ1) is 11.4. The van der Waals surface area contributed by atoms with Crippen LogP contribution in [-0.4, -0.2) is 26.0 Å². The van der Waals surface area contributed by atoms with Crippen molar-refractivity contribution in [2.24, 2.45) is 0 Å². The van der Waals surface area contributed by atoms with Crippen LogP contribution < -0.4 is 0 Å². The Labute approximate surface area is 110 Å². The van der Waals surface area contributed by atoms with Crippen LogP contribution in [0.2, 0.25) is 0 Å². The van der Waals surface area contributed by atoms with Crippen LogP contribution >= 0.6 is 23.4 Å². The lowest BCUT2D eigenvalue weighted by atomic mass is 10.2. The van der Waals surface area contributed by atoms with Gasteiger partial charge in [-0.1, -0.05) is 0 Å². The molecule has 1 atom stereocenters. The Balaban J connectivity index is 2.20. The van der Waals surface area contributed by atoms with Crippen molar-refractivity contribution in [3.63, 3.8) is 0 Å². The normalized spacial score (nSPS) is 20.2. The molecule has 0 aliphatic carbocycles. The number of hydrogen-bond acceptors (Lipinski definition) is 3. The highest BCUT2D eigenvalue weighted by molar-refractivity contribution is 7.99. The predicted octanol–water partition coefficient (Wildman–Crippen LogP) is 3.16. The molecule has 1 aliphatic heterocycles. The number of nitrogens with zero attached hydrogens (tertiary/aromatic N) is 3. The molecule has 0 radical (unpaired) electrons. The van der Waals surface area contributed by atoms with Crippen LogP contribution in [0, 0.1) is 6.92 Å². The van der Waals surface area contributed by atoms with E-state index in [0.717, 1.165) is 28.4 Å². The van der Waals surface area contributed by atoms with Gasteiger partial charge in [-0.05, 0) is 31.2 Å². The Morgan fingerprint density at radius 2 is 2.35 bits per heavy atom. The van der Waals surface area contributed by atoms with Gasteiger partial charge in [-0.15, -0.1) is 11.6 Å². The Hall–Kier alpha value is -0.740. The summed E-state index contributed by atoms with van der Waals surface area (Å²) in [7, 11) is 0. The molecule has 0 saturated carbocycles. The number of fused-ring (bicyclic) bond motifs is 1. The van der Waals surface area contributed by atoms with Crippen molar-refractivity contribution in [1.29, 1.82) is 0 Å². The van der Waals surface area contributed by atoms with Crippen LogP contribution in [0.5, 0.6) is 0 Å². The fourth-order valence-corrected chi connectivity index (χ4v) is 3.70. The summed E-state index contributed by atoms with van der Waals surface area (Å²) in [6, 6.07) is 4.54. The molecule has 3 rings (SSSR count). The fourth-order valence-electron chi connectivity index (χ4n) is 2.32. The second kappa shape index (κ2) is 4.50. The second-order valence-corrected chi connectivity index (χ2v) is 5.76. The summed E-state index contributed by atoms with van der Waals surface area (Å²) in [4.78, 5) is 9.20. The molecule has 90 valence electrons. The number of aromatic nitrogens is 3. The minimum absolute atomic E-state index is 0.455. The van der Waals surface area contributed by atoms with E-state index in [1.807, 2.05) is 30.8 Å². The molecule has 0 spiro atoms. The van der Waals surface area contributed by atoms with Gasteiger partial charge in [0.25, 0.3) is 0 Å². The zero-order valence-electron chi connectivity index (χ0n) is 9.69. The summed E-state index contributed by atoms with van der Waals surface area (Å²) in [5.74, 6) is 3.77. The van der Waals surface area contributed by atoms with Crippen LogP contribution in [0.4, 0.5) is 0 Å². The number of thioether (sulfide) groups is 1. The van der Waals surface area contributed by atoms with Gasteiger partial charge in [-0.3, -0.25) is 0 Å². The van der Waals surface area contributed by atoms with Gasteiger partial charge in [-0.25, -0.2) is 9.97 Å². The standard InChI is InChI=1S/C12H14ClN3S/c1-8-2-3-10-12(14-8)16(11(6-13)15-10)9-4-5-17-7-9/h2-3,9H,4-7H2,1H3. The van der Waals surface area contributed by atoms with E-state index in [2.05, 4.69) is 14.5 Å². The fraction of sp³-hybridized carbons (Fsp3) is 0.500. The van der Waals surface area contributed by atoms with E-state index >= 15 is 0 Å². The van der Waals surface area contributed by atoms with Crippen molar-refractivity contribution in [3.05, 3.63) is 23.7 Å². The molecule has 17 heavy (non-hydrogen) atoms. The monoisotopic (exact) mass is 267 g/mol. The highest BCUT2D eigenvalue weighted by Gasteiger charge is 2.23. The molecule has 5 heteroatoms. The summed E-state index contributed by atoms with van der Waals surface area (Å²) in [6.07, 6.45) is 1.19. The molecule has 1 aliphatic rings. The number of alkyl halides is 1. The number of imidazole rings is 1. The van der Waals surface area contributed by atoms with Gasteiger partial charge in [0.1, 0.15) is 11.3 Å². The van der Waals surface area contributed by atoms with E-state index in [9.17, 15) is 0 Å². The van der Waals surface area contributed by atoms with E-state index in [1.54, 1.807) is 0 Å². The second-order valence-electron chi connectivity index (χ2n) is 4.34. The molecule has 2 aromatic heterocycles. The van der Waals surface area contributed by atoms with Gasteiger partial charge >= 0.3 is 0 Å². The summed E-state index contributed by atoms with van der Waals surface area (Å²) in [5, 5.41) is 0. The van der Waals surface area contributed by atoms with E-state index in [1.165, 1.54) is 12.2 Å². The zero-order chi connectivity index (χ0) is 11.8. The predicted molar refractivity (Wildman–Crippen MR) is 72.8 cm³/mol. The summed E-state index contributed by atoms with van der Waals surface area (Å²) in [6.45, 7) is 2.01. The lowest BCUT2D eigenvalue weighted by Gasteiger charge is -2.13. The quantitative estimate of drug-likeness (QED) is 0.783. The maximum absolute atomic E-state index is 6.00. The van der Waals surface area contributed by atoms with Gasteiger partial charge < -0.3 is 4.57 Å². The molecule has 3 heterocycles. The molecule has 0 aromatic carbocycles. The van der Waals surface area contributed by atoms with Gasteiger partial charge in [0.2, 0.25) is 0 Å². The van der Waals surface area contributed by atoms with Crippen LogP contribution in [-0.2, 0) is 5.88 Å². The number of hydrogen-bond donors (Lipinski definition) is 0. The van der Waals surface area contributed by atoms with E-state index in [-0.39, 0.29) is 0 Å². The Kier molecular flexibility index (Phi) is 3.01. The molecule has 1 unspecified atom stereocenters. The van der Waals surface area contributed by atoms with Crippen LogP contribution in [0.3, 0.4) is 0 Å². The Morgan fingerprint density at radius 1 is 1.47 bits per heavy atom. The Morgan fingerprint density at radius 3 is 3.06 bits per heavy atom. The van der Waals surface area contributed by atoms with Gasteiger partial charge in [-0.2, -0.15) is 11.8 Å². The topological polar surface area (TPSA) is 30.7 Å². The van der Waals surface area contributed by atoms with Gasteiger partial charge in [0.05, 0.1) is 5.88 Å². The number of halogens is 1. The molecule has 3 nitrogen and oxygen atoms in total. The average molecular weight is 268 g/mol. The minimum atomic E-state index is 0.455. The molecule has 1 fully saturated rings. The summed E-state index contributed by atoms with van der Waals surface area (Å²) >= 11 is 8.00. The maximum Gasteiger partial charge on any atom is 0.160 e. The van der Waals surface area contributed by atoms with Crippen molar-refractivity contribution < 1.29 is 0 Å². The summed E-state index contributed by atoms with van der Waals surface area (Å²) in [5.41, 5.74) is 2.99. The van der Waals surface area contributed by atoms with Crippen molar-refractivity contribution in [2.45, 2.75) is 25.3 Å². The van der Waals surface area contributed by atoms with E-state index in [0.29, 0.717) is 11.9 Å². The highest BCUT2D eigenvalue weighted by Crippen LogP contribution is 2.32. The molecule has 2 aromatic rings. The summed E-state index contributed by atoms with van der Waals surface area (Å²) < 4.78 is 2.25. The molecular weight excluding hydrogens is 254 g/mol. The Bertz CT molecular complexity index is 546. The number of pyridine rings is 1. The lowest BCUT2D eigenvalue weighted by Crippen LogP contribution is -2.11. The zero-order valence-corrected chi connectivity index (χ0v) is 11.3. The minimum Gasteiger partial charge on any atom is -0.308 e. The van der Waals surface area contributed by atoms with Crippen molar-refractivity contribution >= 4 is 34.5 Å². The first-order chi connectivity index (χ1) is 8.29. The molecule has 1 saturated heterocycles. The molecule has 0 amide bonds. The van der Waals surface area contributed by atoms with Crippen molar-refractivity contribution in [3.8, 4) is 0 Å². The number of rotatable bonds is 2. The molecular formula is C12H14ClN3S. The first-order valence-electron chi connectivity index (χ1n) is 5.78. The highest BCUT2D eigenvalue weighted by atomic mass is 35.5. The first-order valence-corrected chi connectivity index (χ1v) is 7.46. The molecule has 0 N–H and O–H groups in total. The third-order valence-electron chi connectivity index (χ3n) is 3.14. The SMILES string of the molecule is Cc1ccc2nc(CCl)n(C3CCSC3)c2n1. The van der Waals surface area contributed by atoms with E-state index in [4.69, 9.17) is 11.6 Å². The van der Waals surface area contributed by atoms with Crippen molar-refractivity contribution in [2.75, 3.05) is 11.5 Å². The smallest absolute Gasteiger partial charge is 0.160 e. The van der Waals surface area contributed by atoms with E-state index < -0.39 is 0 Å². The van der Waals surface area contributed by atoms with Gasteiger partial charge in [0, 0.05) is 17.5 Å². The number of aryl methyl sites for hydroxylation is 1. The van der Waals surface area contributed by atoms with Crippen LogP contribution in [0.1, 0.15) is 24.0 Å². The van der Waals surface area contributed by atoms with Crippen LogP contribution in [0.25, 0.3) is 11.2 Å². The average Bonchev–Trinajstić information content (AvgIpc) is 2.93. The third-order valence-corrected chi connectivity index (χ3v) is 4.52.